The number of aryl methyl sites for hydroxylation is 10. The molecule has 26 nitrogen and oxygen atoms in total. The average Bonchev–Trinajstić information content (AvgIpc) is 1.57. The molecule has 0 bridgehead atoms. The van der Waals surface area contributed by atoms with Gasteiger partial charge in [-0.05, 0) is 190 Å². The number of benzene rings is 9. The quantitative estimate of drug-likeness (QED) is 0.0396. The number of ether oxygens (including phenoxy) is 2. The van der Waals surface area contributed by atoms with Crippen LogP contribution in [-0.4, -0.2) is 124 Å². The van der Waals surface area contributed by atoms with Crippen molar-refractivity contribution >= 4 is 86.5 Å². The first-order valence-electron chi connectivity index (χ1n) is 42.4. The Bertz CT molecular complexity index is 6500. The number of nitrogens with zero attached hydrogens (tertiary/aromatic N) is 8. The highest BCUT2D eigenvalue weighted by Gasteiger charge is 2.47. The van der Waals surface area contributed by atoms with Gasteiger partial charge in [-0.1, -0.05) is 164 Å². The number of fused-ring (bicyclic) bond motifs is 4. The maximum Gasteiger partial charge on any atom is 0.270 e. The molecule has 17 rings (SSSR count). The minimum absolute atomic E-state index is 0.131. The molecular formula is C100H100BrF3N16O10. The number of anilines is 4. The number of hydrogen-bond donors (Lipinski definition) is 8. The second kappa shape index (κ2) is 38.6. The summed E-state index contributed by atoms with van der Waals surface area (Å²) in [5.41, 5.74) is 16.1. The predicted molar refractivity (Wildman–Crippen MR) is 494 cm³/mol. The van der Waals surface area contributed by atoms with Crippen LogP contribution in [0.15, 0.2) is 223 Å². The Hall–Kier alpha value is -14.6. The summed E-state index contributed by atoms with van der Waals surface area (Å²) in [6.45, 7) is 20.8. The molecule has 13 aromatic rings. The number of carbonyl (C=O) groups is 8. The summed E-state index contributed by atoms with van der Waals surface area (Å²) in [5.74, 6) is -4.03. The standard InChI is InChI=1S/C28H24F2N4O2.C25H28N4O4.C25H28N4O2.C22H20BrFN4O2/c1-17-22-23(18-13-15-20(16-14-18)28(2,29)30)24(31-26(35)19-9-5-3-6-10-19)27(36)32-25(22)34(33-17)21-11-7-4-8-12-21;1-6-33-18-11-10-16(13-19(18)32-5)21-20-15(3)28-29(4)23(20)27-25(31)22(21)26-24(30)17-9-7-8-14(2)12-17;1-14(2)17-9-11-18(12-10-17)21-20-16(4)28-29(5)23(20)27-25(31)22(21)26-24(30)19-8-6-7-15(3)13-19;1-11-5-4-6-14(9-11)21(29)25-19-18(13-7-8-16(24)15(23)10-13)17-12(2)27-28(3)20(17)26-22(19)30/h3-16,23-24H,1-2H3,(H,31,35)(H,32,36);7-13,21-22H,6H2,1-5H3,(H,26,30)(H,27,31);6-14,21-22H,1-5H3,(H,26,30)(H,27,31);4-10,18-19H,1-3H3,(H,25,29)(H,26,30)/t23-,24+;2*21-,22+;18-,19+/m0000/s1. The average molecular weight is 1820 g/mol. The fourth-order valence-corrected chi connectivity index (χ4v) is 17.6. The zero-order chi connectivity index (χ0) is 93.0. The van der Waals surface area contributed by atoms with Gasteiger partial charge in [0, 0.05) is 102 Å². The Morgan fingerprint density at radius 2 is 0.777 bits per heavy atom. The topological polar surface area (TPSA) is 323 Å². The van der Waals surface area contributed by atoms with Crippen LogP contribution in [0.2, 0.25) is 0 Å². The van der Waals surface area contributed by atoms with Gasteiger partial charge in [0.2, 0.25) is 23.6 Å². The van der Waals surface area contributed by atoms with Crippen molar-refractivity contribution < 1.29 is 61.0 Å². The van der Waals surface area contributed by atoms with Crippen LogP contribution in [0.4, 0.5) is 36.4 Å². The molecule has 4 aliphatic heterocycles. The van der Waals surface area contributed by atoms with Crippen LogP contribution < -0.4 is 52.0 Å². The van der Waals surface area contributed by atoms with E-state index in [1.807, 2.05) is 147 Å². The maximum absolute atomic E-state index is 13.9. The lowest BCUT2D eigenvalue weighted by atomic mass is 9.81. The lowest BCUT2D eigenvalue weighted by Crippen LogP contribution is -2.50. The van der Waals surface area contributed by atoms with E-state index in [1.165, 1.54) is 23.8 Å². The third kappa shape index (κ3) is 19.3. The highest BCUT2D eigenvalue weighted by Crippen LogP contribution is 2.47. The number of nitrogens with one attached hydrogen (secondary N) is 8. The summed E-state index contributed by atoms with van der Waals surface area (Å²) >= 11 is 3.22. The molecule has 8 heterocycles. The molecule has 130 heavy (non-hydrogen) atoms. The minimum Gasteiger partial charge on any atom is -0.493 e. The Kier molecular flexibility index (Phi) is 27.2. The molecule has 30 heteroatoms. The summed E-state index contributed by atoms with van der Waals surface area (Å²) in [5, 5.41) is 41.4. The summed E-state index contributed by atoms with van der Waals surface area (Å²) in [4.78, 5) is 105. The highest BCUT2D eigenvalue weighted by molar-refractivity contribution is 9.10. The van der Waals surface area contributed by atoms with Gasteiger partial charge in [-0.25, -0.2) is 17.9 Å². The van der Waals surface area contributed by atoms with Gasteiger partial charge in [0.05, 0.1) is 46.7 Å². The smallest absolute Gasteiger partial charge is 0.270 e. The number of carbonyl (C=O) groups excluding carboxylic acids is 8. The van der Waals surface area contributed by atoms with Crippen LogP contribution in [-0.2, 0) is 46.2 Å². The molecule has 0 radical (unpaired) electrons. The van der Waals surface area contributed by atoms with E-state index < -0.39 is 65.5 Å². The van der Waals surface area contributed by atoms with Crippen molar-refractivity contribution in [2.24, 2.45) is 21.1 Å². The molecule has 0 fully saturated rings. The molecule has 0 saturated carbocycles. The molecule has 0 unspecified atom stereocenters. The van der Waals surface area contributed by atoms with Gasteiger partial charge in [0.1, 0.15) is 53.3 Å². The third-order valence-corrected chi connectivity index (χ3v) is 24.1. The molecule has 4 aromatic heterocycles. The van der Waals surface area contributed by atoms with E-state index in [0.29, 0.717) is 91.9 Å². The summed E-state index contributed by atoms with van der Waals surface area (Å²) in [6.07, 6.45) is 0. The van der Waals surface area contributed by atoms with Gasteiger partial charge in [0.15, 0.2) is 11.5 Å². The van der Waals surface area contributed by atoms with Crippen LogP contribution in [0, 0.1) is 54.3 Å². The molecule has 8 amide bonds. The molecule has 0 spiro atoms. The first-order chi connectivity index (χ1) is 62.1. The van der Waals surface area contributed by atoms with Gasteiger partial charge in [-0.2, -0.15) is 20.4 Å². The predicted octanol–water partition coefficient (Wildman–Crippen LogP) is 16.4. The number of amides is 8. The summed E-state index contributed by atoms with van der Waals surface area (Å²) in [6, 6.07) is 60.7. The second-order valence-corrected chi connectivity index (χ2v) is 33.9. The second-order valence-electron chi connectivity index (χ2n) is 33.0. The van der Waals surface area contributed by atoms with Crippen molar-refractivity contribution in [2.45, 2.75) is 136 Å². The van der Waals surface area contributed by atoms with E-state index >= 15 is 0 Å². The minimum atomic E-state index is -3.00. The number of aromatic nitrogens is 8. The van der Waals surface area contributed by atoms with Crippen molar-refractivity contribution in [3.63, 3.8) is 0 Å². The third-order valence-electron chi connectivity index (χ3n) is 23.5. The van der Waals surface area contributed by atoms with Crippen LogP contribution in [0.3, 0.4) is 0 Å². The van der Waals surface area contributed by atoms with Gasteiger partial charge in [-0.3, -0.25) is 52.4 Å². The van der Waals surface area contributed by atoms with Gasteiger partial charge in [-0.15, -0.1) is 0 Å². The fourth-order valence-electron chi connectivity index (χ4n) is 17.2. The molecular weight excluding hydrogens is 1720 g/mol. The van der Waals surface area contributed by atoms with Crippen molar-refractivity contribution in [2.75, 3.05) is 35.0 Å². The number of para-hydroxylation sites is 1. The van der Waals surface area contributed by atoms with E-state index in [9.17, 15) is 51.5 Å². The Labute approximate surface area is 758 Å². The van der Waals surface area contributed by atoms with E-state index in [4.69, 9.17) is 9.47 Å². The van der Waals surface area contributed by atoms with Crippen molar-refractivity contribution in [1.82, 2.24) is 60.4 Å². The first kappa shape index (κ1) is 91.7. The zero-order valence-electron chi connectivity index (χ0n) is 74.4. The number of hydrogen-bond acceptors (Lipinski definition) is 14. The molecule has 9 aromatic carbocycles. The Balaban J connectivity index is 0.000000140. The van der Waals surface area contributed by atoms with E-state index in [1.54, 1.807) is 131 Å². The number of rotatable bonds is 18. The van der Waals surface area contributed by atoms with Gasteiger partial charge in [0.25, 0.3) is 29.6 Å². The normalized spacial score (nSPS) is 17.6. The van der Waals surface area contributed by atoms with Crippen molar-refractivity contribution in [3.05, 3.63) is 346 Å². The van der Waals surface area contributed by atoms with Crippen LogP contribution in [0.1, 0.15) is 194 Å². The van der Waals surface area contributed by atoms with Crippen molar-refractivity contribution in [1.29, 1.82) is 0 Å². The van der Waals surface area contributed by atoms with E-state index in [-0.39, 0.29) is 51.4 Å². The molecule has 4 aliphatic rings. The fraction of sp³-hybridized carbons (Fsp3) is 0.260. The highest BCUT2D eigenvalue weighted by atomic mass is 79.9. The van der Waals surface area contributed by atoms with Crippen LogP contribution in [0.5, 0.6) is 11.5 Å². The molecule has 0 aliphatic carbocycles. The van der Waals surface area contributed by atoms with Crippen LogP contribution in [0.25, 0.3) is 5.69 Å². The lowest BCUT2D eigenvalue weighted by Gasteiger charge is -2.33. The Morgan fingerprint density at radius 1 is 0.431 bits per heavy atom. The summed E-state index contributed by atoms with van der Waals surface area (Å²) < 4.78 is 59.7. The molecule has 0 saturated heterocycles. The zero-order valence-corrected chi connectivity index (χ0v) is 75.9. The molecule has 8 atom stereocenters. The number of alkyl halides is 2. The van der Waals surface area contributed by atoms with E-state index in [0.717, 1.165) is 74.2 Å². The van der Waals surface area contributed by atoms with Gasteiger partial charge < -0.3 is 52.0 Å². The monoisotopic (exact) mass is 1820 g/mol. The molecule has 668 valence electrons. The van der Waals surface area contributed by atoms with Crippen molar-refractivity contribution in [3.8, 4) is 17.2 Å². The van der Waals surface area contributed by atoms with Gasteiger partial charge >= 0.3 is 0 Å². The number of methoxy groups -OCH3 is 1. The Morgan fingerprint density at radius 3 is 1.16 bits per heavy atom. The summed E-state index contributed by atoms with van der Waals surface area (Å²) in [7, 11) is 6.92. The van der Waals surface area contributed by atoms with Crippen LogP contribution >= 0.6 is 15.9 Å². The first-order valence-corrected chi connectivity index (χ1v) is 43.2. The number of halogens is 4. The molecule has 8 N–H and O–H groups in total. The maximum atomic E-state index is 13.9. The van der Waals surface area contributed by atoms with E-state index in [2.05, 4.69) is 117 Å². The SMILES string of the molecule is CCOc1ccc([C@H]2c3c(C)nn(C)c3NC(=O)[C@@H]2NC(=O)c2cccc(C)c2)cc1OC.Cc1cccc(C(=O)N[C@H]2C(=O)Nc3c(c(C)nn3C)[C@@H]2c2ccc(C(C)C)cc2)c1.Cc1cccc(C(=O)N[C@H]2C(=O)Nc3c(c(C)nn3C)[C@@H]2c2ccc(F)c(Br)c2)c1.Cc1nn(-c2ccccc2)c2c1[C@H](c1ccc(C(C)(F)F)cc1)[C@@H](NC(=O)c1ccccc1)C(=O)N2. The lowest BCUT2D eigenvalue weighted by molar-refractivity contribution is -0.119. The largest absolute Gasteiger partial charge is 0.493 e.